The second kappa shape index (κ2) is 6.08. The van der Waals surface area contributed by atoms with E-state index in [9.17, 15) is 4.79 Å². The van der Waals surface area contributed by atoms with Gasteiger partial charge in [-0.3, -0.25) is 4.79 Å². The molecule has 0 spiro atoms. The minimum absolute atomic E-state index is 0.0610. The summed E-state index contributed by atoms with van der Waals surface area (Å²) in [5, 5.41) is 19.4. The number of hydrogen-bond acceptors (Lipinski definition) is 6. The number of amides is 1. The number of piperidine rings is 1. The fraction of sp³-hybridized carbons (Fsp3) is 0.500. The minimum Gasteiger partial charge on any atom is -0.409 e. The molecule has 2 heterocycles. The quantitative estimate of drug-likeness (QED) is 0.365. The Hall–Kier alpha value is -1.83. The summed E-state index contributed by atoms with van der Waals surface area (Å²) in [7, 11) is 0. The number of thioether (sulfide) groups is 1. The first-order valence-electron chi connectivity index (χ1n) is 6.22. The maximum Gasteiger partial charge on any atom is 0.255 e. The number of carbonyl (C=O) groups is 1. The average molecular weight is 295 g/mol. The second-order valence-electron chi connectivity index (χ2n) is 4.61. The van der Waals surface area contributed by atoms with Gasteiger partial charge in [0.05, 0.1) is 22.7 Å². The van der Waals surface area contributed by atoms with Crippen molar-refractivity contribution in [3.05, 3.63) is 24.0 Å². The molecule has 0 atom stereocenters. The number of oxime groups is 1. The Labute approximate surface area is 121 Å². The standard InChI is InChI=1S/C12H17N5O2S/c1-20-12(11(13)16-19)3-6-17(7-4-12)10(18)9-2-5-14-15-8-9/h2,5,8,19H,3-4,6-7H2,1H3,(H2,13,16). The molecule has 20 heavy (non-hydrogen) atoms. The van der Waals surface area contributed by atoms with E-state index >= 15 is 0 Å². The first-order chi connectivity index (χ1) is 9.63. The predicted molar refractivity (Wildman–Crippen MR) is 76.8 cm³/mol. The summed E-state index contributed by atoms with van der Waals surface area (Å²) in [5.41, 5.74) is 6.31. The number of amidine groups is 1. The van der Waals surface area contributed by atoms with E-state index in [1.165, 1.54) is 12.4 Å². The Morgan fingerprint density at radius 3 is 2.70 bits per heavy atom. The van der Waals surface area contributed by atoms with Crippen LogP contribution in [0.1, 0.15) is 23.2 Å². The van der Waals surface area contributed by atoms with Gasteiger partial charge in [-0.1, -0.05) is 5.16 Å². The third kappa shape index (κ3) is 2.69. The lowest BCUT2D eigenvalue weighted by Gasteiger charge is -2.39. The van der Waals surface area contributed by atoms with Gasteiger partial charge in [-0.15, -0.1) is 0 Å². The van der Waals surface area contributed by atoms with E-state index in [0.717, 1.165) is 0 Å². The van der Waals surface area contributed by atoms with Crippen molar-refractivity contribution in [3.8, 4) is 0 Å². The topological polar surface area (TPSA) is 105 Å². The van der Waals surface area contributed by atoms with E-state index in [1.54, 1.807) is 22.7 Å². The molecule has 0 bridgehead atoms. The smallest absolute Gasteiger partial charge is 0.255 e. The molecule has 1 fully saturated rings. The van der Waals surface area contributed by atoms with Gasteiger partial charge in [0.2, 0.25) is 0 Å². The molecule has 108 valence electrons. The second-order valence-corrected chi connectivity index (χ2v) is 5.80. The van der Waals surface area contributed by atoms with Gasteiger partial charge >= 0.3 is 0 Å². The molecule has 3 N–H and O–H groups in total. The molecule has 1 amide bonds. The van der Waals surface area contributed by atoms with Crippen LogP contribution in [0.5, 0.6) is 0 Å². The van der Waals surface area contributed by atoms with Crippen LogP contribution in [-0.4, -0.2) is 56.1 Å². The molecule has 7 nitrogen and oxygen atoms in total. The highest BCUT2D eigenvalue weighted by atomic mass is 32.2. The van der Waals surface area contributed by atoms with Crippen molar-refractivity contribution in [1.29, 1.82) is 0 Å². The summed E-state index contributed by atoms with van der Waals surface area (Å²) >= 11 is 1.56. The molecule has 1 aromatic heterocycles. The summed E-state index contributed by atoms with van der Waals surface area (Å²) in [6.45, 7) is 1.14. The number of hydrogen-bond donors (Lipinski definition) is 2. The first kappa shape index (κ1) is 14.6. The maximum atomic E-state index is 12.3. The van der Waals surface area contributed by atoms with Crippen LogP contribution in [0.15, 0.2) is 23.6 Å². The van der Waals surface area contributed by atoms with E-state index in [0.29, 0.717) is 31.5 Å². The zero-order valence-corrected chi connectivity index (χ0v) is 12.0. The van der Waals surface area contributed by atoms with Crippen LogP contribution in [0.4, 0.5) is 0 Å². The van der Waals surface area contributed by atoms with Crippen LogP contribution >= 0.6 is 11.8 Å². The molecular weight excluding hydrogens is 278 g/mol. The normalized spacial score (nSPS) is 18.9. The van der Waals surface area contributed by atoms with E-state index < -0.39 is 0 Å². The van der Waals surface area contributed by atoms with Crippen molar-refractivity contribution in [1.82, 2.24) is 15.1 Å². The van der Waals surface area contributed by atoms with Crippen molar-refractivity contribution in [3.63, 3.8) is 0 Å². The fourth-order valence-corrected chi connectivity index (χ4v) is 3.17. The molecule has 1 aliphatic heterocycles. The lowest BCUT2D eigenvalue weighted by molar-refractivity contribution is 0.0717. The summed E-state index contributed by atoms with van der Waals surface area (Å²) in [4.78, 5) is 14.0. The highest BCUT2D eigenvalue weighted by Crippen LogP contribution is 2.35. The Bertz CT molecular complexity index is 500. The zero-order valence-electron chi connectivity index (χ0n) is 11.2. The monoisotopic (exact) mass is 295 g/mol. The van der Waals surface area contributed by atoms with Crippen LogP contribution < -0.4 is 5.73 Å². The molecule has 0 saturated carbocycles. The van der Waals surface area contributed by atoms with Gasteiger partial charge in [-0.05, 0) is 25.2 Å². The maximum absolute atomic E-state index is 12.3. The lowest BCUT2D eigenvalue weighted by atomic mass is 9.94. The van der Waals surface area contributed by atoms with Crippen molar-refractivity contribution in [2.24, 2.45) is 10.9 Å². The predicted octanol–water partition coefficient (Wildman–Crippen LogP) is 0.561. The van der Waals surface area contributed by atoms with E-state index in [4.69, 9.17) is 10.9 Å². The molecule has 0 radical (unpaired) electrons. The van der Waals surface area contributed by atoms with Gasteiger partial charge < -0.3 is 15.8 Å². The SMILES string of the molecule is CSC1(/C(N)=N/O)CCN(C(=O)c2ccnnc2)CC1. The summed E-state index contributed by atoms with van der Waals surface area (Å²) in [6.07, 6.45) is 6.22. The van der Waals surface area contributed by atoms with Crippen LogP contribution in [0.3, 0.4) is 0 Å². The molecule has 1 aromatic rings. The first-order valence-corrected chi connectivity index (χ1v) is 7.44. The summed E-state index contributed by atoms with van der Waals surface area (Å²) in [6, 6.07) is 1.65. The third-order valence-corrected chi connectivity index (χ3v) is 5.05. The number of nitrogens with zero attached hydrogens (tertiary/aromatic N) is 4. The Morgan fingerprint density at radius 2 is 2.20 bits per heavy atom. The van der Waals surface area contributed by atoms with Crippen molar-refractivity contribution in [2.45, 2.75) is 17.6 Å². The van der Waals surface area contributed by atoms with Gasteiger partial charge in [-0.25, -0.2) is 0 Å². The van der Waals surface area contributed by atoms with Gasteiger partial charge in [-0.2, -0.15) is 22.0 Å². The molecule has 0 aliphatic carbocycles. The van der Waals surface area contributed by atoms with E-state index in [-0.39, 0.29) is 16.5 Å². The van der Waals surface area contributed by atoms with Gasteiger partial charge in [0.1, 0.15) is 0 Å². The van der Waals surface area contributed by atoms with Gasteiger partial charge in [0, 0.05) is 13.1 Å². The van der Waals surface area contributed by atoms with Crippen LogP contribution in [-0.2, 0) is 0 Å². The number of aromatic nitrogens is 2. The Morgan fingerprint density at radius 1 is 1.50 bits per heavy atom. The molecule has 2 rings (SSSR count). The summed E-state index contributed by atoms with van der Waals surface area (Å²) < 4.78 is -0.387. The third-order valence-electron chi connectivity index (χ3n) is 3.65. The van der Waals surface area contributed by atoms with Crippen LogP contribution in [0, 0.1) is 0 Å². The molecule has 0 aromatic carbocycles. The fourth-order valence-electron chi connectivity index (χ4n) is 2.33. The lowest BCUT2D eigenvalue weighted by Crippen LogP contribution is -2.51. The molecule has 0 unspecified atom stereocenters. The van der Waals surface area contributed by atoms with Crippen LogP contribution in [0.2, 0.25) is 0 Å². The largest absolute Gasteiger partial charge is 0.409 e. The molecule has 8 heteroatoms. The highest BCUT2D eigenvalue weighted by Gasteiger charge is 2.39. The van der Waals surface area contributed by atoms with Crippen LogP contribution in [0.25, 0.3) is 0 Å². The number of likely N-dealkylation sites (tertiary alicyclic amines) is 1. The highest BCUT2D eigenvalue weighted by molar-refractivity contribution is 8.00. The van der Waals surface area contributed by atoms with Crippen molar-refractivity contribution >= 4 is 23.5 Å². The number of carbonyl (C=O) groups excluding carboxylic acids is 1. The zero-order chi connectivity index (χ0) is 14.6. The Kier molecular flexibility index (Phi) is 4.43. The Balaban J connectivity index is 2.06. The minimum atomic E-state index is -0.387. The van der Waals surface area contributed by atoms with Gasteiger partial charge in [0.25, 0.3) is 5.91 Å². The van der Waals surface area contributed by atoms with Crippen molar-refractivity contribution < 1.29 is 10.0 Å². The number of nitrogens with two attached hydrogens (primary N) is 1. The van der Waals surface area contributed by atoms with Crippen molar-refractivity contribution in [2.75, 3.05) is 19.3 Å². The molecular formula is C12H17N5O2S. The van der Waals surface area contributed by atoms with E-state index in [2.05, 4.69) is 15.4 Å². The summed E-state index contributed by atoms with van der Waals surface area (Å²) in [5.74, 6) is 0.164. The molecule has 1 saturated heterocycles. The molecule has 1 aliphatic rings. The average Bonchev–Trinajstić information content (AvgIpc) is 2.54. The number of rotatable bonds is 3. The van der Waals surface area contributed by atoms with Gasteiger partial charge in [0.15, 0.2) is 5.84 Å². The van der Waals surface area contributed by atoms with E-state index in [1.807, 2.05) is 6.26 Å².